The third-order valence-corrected chi connectivity index (χ3v) is 2.13. The van der Waals surface area contributed by atoms with Crippen molar-refractivity contribution in [3.63, 3.8) is 0 Å². The summed E-state index contributed by atoms with van der Waals surface area (Å²) in [5.41, 5.74) is -1.13. The molecule has 1 rings (SSSR count). The minimum Gasteiger partial charge on any atom is -0.445 e. The van der Waals surface area contributed by atoms with E-state index in [1.165, 1.54) is 19.9 Å². The van der Waals surface area contributed by atoms with Gasteiger partial charge >= 0.3 is 58.4 Å². The van der Waals surface area contributed by atoms with E-state index in [9.17, 15) is 23.1 Å². The number of rotatable bonds is 2. The molecule has 0 fully saturated rings. The van der Waals surface area contributed by atoms with Gasteiger partial charge in [0.1, 0.15) is 0 Å². The van der Waals surface area contributed by atoms with E-state index in [2.05, 4.69) is 0 Å². The zero-order chi connectivity index (χ0) is 11.8. The second kappa shape index (κ2) is 5.63. The summed E-state index contributed by atoms with van der Waals surface area (Å²) in [5, 5.41) is 10.5. The Morgan fingerprint density at radius 2 is 1.69 bits per heavy atom. The first-order valence-electron chi connectivity index (χ1n) is 4.19. The summed E-state index contributed by atoms with van der Waals surface area (Å²) in [6.07, 6.45) is 0. The standard InChI is InChI=1S/C8H8BF3NO2.K/c1-5-3-6(2)8(13(14)15)4-7(5)9(10,11)12;/h3-4H,1-2H3;/q-1;+1. The van der Waals surface area contributed by atoms with Crippen LogP contribution >= 0.6 is 0 Å². The van der Waals surface area contributed by atoms with E-state index in [0.717, 1.165) is 0 Å². The van der Waals surface area contributed by atoms with E-state index in [1.807, 2.05) is 0 Å². The van der Waals surface area contributed by atoms with Crippen LogP contribution in [0.3, 0.4) is 0 Å². The SMILES string of the molecule is Cc1cc(C)c([B-](F)(F)F)cc1[N+](=O)[O-].[K+]. The molecule has 0 amide bonds. The van der Waals surface area contributed by atoms with Crippen LogP contribution in [0.1, 0.15) is 11.1 Å². The maximum absolute atomic E-state index is 12.5. The molecule has 1 aromatic rings. The second-order valence-electron chi connectivity index (χ2n) is 3.33. The van der Waals surface area contributed by atoms with E-state index in [4.69, 9.17) is 0 Å². The monoisotopic (exact) mass is 257 g/mol. The molecule has 0 saturated carbocycles. The largest absolute Gasteiger partial charge is 1.00 e. The van der Waals surface area contributed by atoms with Crippen molar-refractivity contribution < 1.29 is 69.3 Å². The van der Waals surface area contributed by atoms with Crippen molar-refractivity contribution in [2.75, 3.05) is 0 Å². The average Bonchev–Trinajstić information content (AvgIpc) is 2.00. The first-order valence-corrected chi connectivity index (χ1v) is 4.19. The number of halogens is 3. The molecule has 0 saturated heterocycles. The van der Waals surface area contributed by atoms with Gasteiger partial charge in [-0.3, -0.25) is 10.1 Å². The van der Waals surface area contributed by atoms with Gasteiger partial charge in [-0.25, -0.2) is 0 Å². The molecule has 0 N–H and O–H groups in total. The van der Waals surface area contributed by atoms with Gasteiger partial charge in [0.2, 0.25) is 0 Å². The van der Waals surface area contributed by atoms with Gasteiger partial charge in [-0.15, -0.1) is 0 Å². The average molecular weight is 257 g/mol. The fraction of sp³-hybridized carbons (Fsp3) is 0.250. The Hall–Kier alpha value is 0.111. The van der Waals surface area contributed by atoms with Gasteiger partial charge in [0.25, 0.3) is 5.69 Å². The quantitative estimate of drug-likeness (QED) is 0.398. The van der Waals surface area contributed by atoms with Crippen molar-refractivity contribution in [1.82, 2.24) is 0 Å². The zero-order valence-electron chi connectivity index (χ0n) is 9.13. The number of aryl methyl sites for hydroxylation is 2. The van der Waals surface area contributed by atoms with Gasteiger partial charge in [-0.1, -0.05) is 17.1 Å². The smallest absolute Gasteiger partial charge is 0.445 e. The zero-order valence-corrected chi connectivity index (χ0v) is 12.3. The van der Waals surface area contributed by atoms with E-state index >= 15 is 0 Å². The molecule has 82 valence electrons. The minimum atomic E-state index is -5.20. The molecule has 0 aliphatic carbocycles. The molecule has 0 aliphatic heterocycles. The van der Waals surface area contributed by atoms with Crippen LogP contribution in [0.5, 0.6) is 0 Å². The number of nitrogens with zero attached hydrogens (tertiary/aromatic N) is 1. The van der Waals surface area contributed by atoms with Gasteiger partial charge in [0.05, 0.1) is 4.92 Å². The van der Waals surface area contributed by atoms with Crippen molar-refractivity contribution in [3.8, 4) is 0 Å². The molecule has 3 nitrogen and oxygen atoms in total. The third-order valence-electron chi connectivity index (χ3n) is 2.13. The fourth-order valence-electron chi connectivity index (χ4n) is 1.41. The molecular formula is C8H8BF3KNO2. The Kier molecular flexibility index (Phi) is 5.67. The van der Waals surface area contributed by atoms with Crippen LogP contribution in [0.4, 0.5) is 18.6 Å². The Labute approximate surface area is 133 Å². The van der Waals surface area contributed by atoms with Crippen molar-refractivity contribution >= 4 is 18.1 Å². The van der Waals surface area contributed by atoms with Gasteiger partial charge in [0.15, 0.2) is 0 Å². The number of benzene rings is 1. The molecule has 0 atom stereocenters. The van der Waals surface area contributed by atoms with E-state index < -0.39 is 23.1 Å². The van der Waals surface area contributed by atoms with Crippen LogP contribution in [-0.2, 0) is 0 Å². The number of nitro benzene ring substituents is 1. The van der Waals surface area contributed by atoms with Gasteiger partial charge in [-0.05, 0) is 19.9 Å². The molecule has 0 aliphatic rings. The van der Waals surface area contributed by atoms with Gasteiger partial charge in [0, 0.05) is 5.56 Å². The predicted molar refractivity (Wildman–Crippen MR) is 51.3 cm³/mol. The maximum atomic E-state index is 12.5. The summed E-state index contributed by atoms with van der Waals surface area (Å²) < 4.78 is 37.4. The Balaban J connectivity index is 0.00000225. The summed E-state index contributed by atoms with van der Waals surface area (Å²) in [6, 6.07) is 1.79. The van der Waals surface area contributed by atoms with E-state index in [1.54, 1.807) is 0 Å². The van der Waals surface area contributed by atoms with Crippen LogP contribution < -0.4 is 56.8 Å². The molecule has 0 unspecified atom stereocenters. The third kappa shape index (κ3) is 3.56. The molecule has 8 heteroatoms. The normalized spacial score (nSPS) is 10.8. The van der Waals surface area contributed by atoms with Crippen molar-refractivity contribution in [2.45, 2.75) is 13.8 Å². The van der Waals surface area contributed by atoms with Crippen molar-refractivity contribution in [3.05, 3.63) is 33.4 Å². The van der Waals surface area contributed by atoms with E-state index in [-0.39, 0.29) is 62.5 Å². The van der Waals surface area contributed by atoms with Crippen LogP contribution in [0.15, 0.2) is 12.1 Å². The summed E-state index contributed by atoms with van der Waals surface area (Å²) in [6.45, 7) is -2.49. The van der Waals surface area contributed by atoms with Crippen LogP contribution in [0, 0.1) is 24.0 Å². The first kappa shape index (κ1) is 16.1. The van der Waals surface area contributed by atoms with Crippen molar-refractivity contribution in [1.29, 1.82) is 0 Å². The van der Waals surface area contributed by atoms with Crippen molar-refractivity contribution in [2.24, 2.45) is 0 Å². The summed E-state index contributed by atoms with van der Waals surface area (Å²) in [7, 11) is 0. The van der Waals surface area contributed by atoms with Gasteiger partial charge < -0.3 is 12.9 Å². The molecule has 0 radical (unpaired) electrons. The second-order valence-corrected chi connectivity index (χ2v) is 3.33. The molecular weight excluding hydrogens is 249 g/mol. The van der Waals surface area contributed by atoms with Crippen LogP contribution in [0.2, 0.25) is 0 Å². The van der Waals surface area contributed by atoms with Crippen LogP contribution in [0.25, 0.3) is 0 Å². The summed E-state index contributed by atoms with van der Waals surface area (Å²) >= 11 is 0. The number of hydrogen-bond acceptors (Lipinski definition) is 2. The first-order chi connectivity index (χ1) is 6.73. The maximum Gasteiger partial charge on any atom is 1.00 e. The Morgan fingerprint density at radius 1 is 1.19 bits per heavy atom. The fourth-order valence-corrected chi connectivity index (χ4v) is 1.41. The minimum absolute atomic E-state index is 0. The Bertz CT molecular complexity index is 422. The molecule has 0 bridgehead atoms. The van der Waals surface area contributed by atoms with Gasteiger partial charge in [-0.2, -0.15) is 0 Å². The topological polar surface area (TPSA) is 43.1 Å². The number of nitro groups is 1. The summed E-state index contributed by atoms with van der Waals surface area (Å²) in [5.74, 6) is 0. The molecule has 16 heavy (non-hydrogen) atoms. The predicted octanol–water partition coefficient (Wildman–Crippen LogP) is -0.730. The molecule has 1 aromatic carbocycles. The summed E-state index contributed by atoms with van der Waals surface area (Å²) in [4.78, 5) is 9.65. The molecule has 0 aromatic heterocycles. The van der Waals surface area contributed by atoms with Crippen LogP contribution in [-0.4, -0.2) is 11.9 Å². The van der Waals surface area contributed by atoms with E-state index in [0.29, 0.717) is 6.07 Å². The number of hydrogen-bond donors (Lipinski definition) is 0. The Morgan fingerprint density at radius 3 is 2.06 bits per heavy atom. The molecule has 0 spiro atoms. The molecule has 0 heterocycles.